The second-order valence-electron chi connectivity index (χ2n) is 6.49. The Bertz CT molecular complexity index is 255. The van der Waals surface area contributed by atoms with Crippen LogP contribution in [0.5, 0.6) is 0 Å². The lowest BCUT2D eigenvalue weighted by Gasteiger charge is -2.47. The van der Waals surface area contributed by atoms with Crippen molar-refractivity contribution in [3.8, 4) is 0 Å². The van der Waals surface area contributed by atoms with Crippen molar-refractivity contribution in [2.75, 3.05) is 25.1 Å². The largest absolute Gasteiger partial charge is 0.330 e. The first-order valence-corrected chi connectivity index (χ1v) is 8.21. The molecule has 17 heavy (non-hydrogen) atoms. The number of nitrogens with two attached hydrogens (primary N) is 1. The SMILES string of the molecule is CN(C1CCCC1CN)C1CSCCC1(C)C. The van der Waals surface area contributed by atoms with Crippen molar-refractivity contribution in [3.05, 3.63) is 0 Å². The van der Waals surface area contributed by atoms with E-state index in [2.05, 4.69) is 37.6 Å². The summed E-state index contributed by atoms with van der Waals surface area (Å²) in [5.41, 5.74) is 6.40. The molecule has 100 valence electrons. The van der Waals surface area contributed by atoms with Crippen LogP contribution < -0.4 is 5.73 Å². The summed E-state index contributed by atoms with van der Waals surface area (Å²) in [5.74, 6) is 3.38. The highest BCUT2D eigenvalue weighted by Crippen LogP contribution is 2.40. The van der Waals surface area contributed by atoms with E-state index in [0.717, 1.165) is 24.5 Å². The van der Waals surface area contributed by atoms with Crippen LogP contribution in [-0.4, -0.2) is 42.1 Å². The van der Waals surface area contributed by atoms with E-state index in [-0.39, 0.29) is 0 Å². The highest BCUT2D eigenvalue weighted by Gasteiger charge is 2.40. The maximum Gasteiger partial charge on any atom is 0.0237 e. The fourth-order valence-electron chi connectivity index (χ4n) is 3.65. The van der Waals surface area contributed by atoms with Gasteiger partial charge in [0.2, 0.25) is 0 Å². The number of hydrogen-bond acceptors (Lipinski definition) is 3. The molecule has 0 bridgehead atoms. The zero-order valence-corrected chi connectivity index (χ0v) is 12.4. The Labute approximate surface area is 111 Å². The Morgan fingerprint density at radius 3 is 2.76 bits per heavy atom. The molecule has 3 atom stereocenters. The second-order valence-corrected chi connectivity index (χ2v) is 7.64. The van der Waals surface area contributed by atoms with Crippen molar-refractivity contribution in [1.29, 1.82) is 0 Å². The number of rotatable bonds is 3. The fraction of sp³-hybridized carbons (Fsp3) is 1.00. The molecule has 0 amide bonds. The zero-order chi connectivity index (χ0) is 12.5. The first-order valence-electron chi connectivity index (χ1n) is 7.06. The third kappa shape index (κ3) is 2.82. The van der Waals surface area contributed by atoms with E-state index in [1.807, 2.05) is 0 Å². The van der Waals surface area contributed by atoms with Gasteiger partial charge < -0.3 is 5.73 Å². The van der Waals surface area contributed by atoms with Crippen LogP contribution in [0.15, 0.2) is 0 Å². The van der Waals surface area contributed by atoms with Gasteiger partial charge in [0.25, 0.3) is 0 Å². The van der Waals surface area contributed by atoms with Crippen molar-refractivity contribution in [3.63, 3.8) is 0 Å². The summed E-state index contributed by atoms with van der Waals surface area (Å²) in [5, 5.41) is 0. The van der Waals surface area contributed by atoms with E-state index in [0.29, 0.717) is 5.41 Å². The standard InChI is InChI=1S/C14H28N2S/c1-14(2)7-8-17-10-13(14)16(3)12-6-4-5-11(12)9-15/h11-13H,4-10,15H2,1-3H3. The molecule has 2 fully saturated rings. The first kappa shape index (κ1) is 13.7. The second kappa shape index (κ2) is 5.50. The summed E-state index contributed by atoms with van der Waals surface area (Å²) >= 11 is 2.13. The van der Waals surface area contributed by atoms with Gasteiger partial charge in [-0.3, -0.25) is 4.90 Å². The molecule has 1 saturated heterocycles. The quantitative estimate of drug-likeness (QED) is 0.841. The molecule has 2 rings (SSSR count). The third-order valence-electron chi connectivity index (χ3n) is 5.00. The van der Waals surface area contributed by atoms with Gasteiger partial charge in [-0.25, -0.2) is 0 Å². The topological polar surface area (TPSA) is 29.3 Å². The van der Waals surface area contributed by atoms with Gasteiger partial charge in [0.05, 0.1) is 0 Å². The van der Waals surface area contributed by atoms with Crippen molar-refractivity contribution >= 4 is 11.8 Å². The van der Waals surface area contributed by atoms with E-state index < -0.39 is 0 Å². The van der Waals surface area contributed by atoms with Gasteiger partial charge in [-0.05, 0) is 49.9 Å². The summed E-state index contributed by atoms with van der Waals surface area (Å²) in [7, 11) is 2.34. The lowest BCUT2D eigenvalue weighted by atomic mass is 9.80. The molecular formula is C14H28N2S. The van der Waals surface area contributed by atoms with E-state index >= 15 is 0 Å². The van der Waals surface area contributed by atoms with Crippen LogP contribution in [0.2, 0.25) is 0 Å². The van der Waals surface area contributed by atoms with Gasteiger partial charge >= 0.3 is 0 Å². The molecule has 0 aromatic rings. The molecule has 1 saturated carbocycles. The lowest BCUT2D eigenvalue weighted by molar-refractivity contribution is 0.0681. The predicted molar refractivity (Wildman–Crippen MR) is 77.5 cm³/mol. The highest BCUT2D eigenvalue weighted by atomic mass is 32.2. The van der Waals surface area contributed by atoms with Crippen LogP contribution >= 0.6 is 11.8 Å². The van der Waals surface area contributed by atoms with Crippen molar-refractivity contribution in [1.82, 2.24) is 4.90 Å². The Kier molecular flexibility index (Phi) is 4.43. The number of hydrogen-bond donors (Lipinski definition) is 1. The summed E-state index contributed by atoms with van der Waals surface area (Å²) in [6.45, 7) is 5.76. The summed E-state index contributed by atoms with van der Waals surface area (Å²) < 4.78 is 0. The van der Waals surface area contributed by atoms with Crippen LogP contribution in [-0.2, 0) is 0 Å². The lowest BCUT2D eigenvalue weighted by Crippen LogP contribution is -2.53. The smallest absolute Gasteiger partial charge is 0.0237 e. The monoisotopic (exact) mass is 256 g/mol. The Morgan fingerprint density at radius 2 is 2.12 bits per heavy atom. The molecule has 1 aliphatic heterocycles. The minimum atomic E-state index is 0.474. The molecule has 0 aromatic carbocycles. The molecule has 2 nitrogen and oxygen atoms in total. The predicted octanol–water partition coefficient (Wildman–Crippen LogP) is 2.58. The van der Waals surface area contributed by atoms with Gasteiger partial charge in [-0.1, -0.05) is 20.3 Å². The maximum absolute atomic E-state index is 5.93. The molecule has 2 N–H and O–H groups in total. The first-order chi connectivity index (χ1) is 8.06. The molecule has 2 aliphatic rings. The molecule has 1 heterocycles. The van der Waals surface area contributed by atoms with Crippen LogP contribution in [0, 0.1) is 11.3 Å². The van der Waals surface area contributed by atoms with Crippen molar-refractivity contribution in [2.45, 2.75) is 51.6 Å². The Morgan fingerprint density at radius 1 is 1.35 bits per heavy atom. The fourth-order valence-corrected chi connectivity index (χ4v) is 5.40. The van der Waals surface area contributed by atoms with Crippen molar-refractivity contribution in [2.24, 2.45) is 17.1 Å². The minimum absolute atomic E-state index is 0.474. The maximum atomic E-state index is 5.93. The summed E-state index contributed by atoms with van der Waals surface area (Å²) in [6.07, 6.45) is 5.42. The average molecular weight is 256 g/mol. The van der Waals surface area contributed by atoms with Crippen molar-refractivity contribution < 1.29 is 0 Å². The molecule has 3 heteroatoms. The van der Waals surface area contributed by atoms with Crippen LogP contribution in [0.4, 0.5) is 0 Å². The van der Waals surface area contributed by atoms with E-state index in [9.17, 15) is 0 Å². The molecular weight excluding hydrogens is 228 g/mol. The summed E-state index contributed by atoms with van der Waals surface area (Å²) in [4.78, 5) is 2.68. The van der Waals surface area contributed by atoms with E-state index in [1.165, 1.54) is 37.2 Å². The van der Waals surface area contributed by atoms with E-state index in [4.69, 9.17) is 5.73 Å². The third-order valence-corrected chi connectivity index (χ3v) is 6.05. The summed E-state index contributed by atoms with van der Waals surface area (Å²) in [6, 6.07) is 1.47. The number of nitrogens with zero attached hydrogens (tertiary/aromatic N) is 1. The van der Waals surface area contributed by atoms with Crippen LogP contribution in [0.3, 0.4) is 0 Å². The zero-order valence-electron chi connectivity index (χ0n) is 11.6. The number of thioether (sulfide) groups is 1. The molecule has 3 unspecified atom stereocenters. The van der Waals surface area contributed by atoms with Gasteiger partial charge in [0, 0.05) is 17.8 Å². The molecule has 1 aliphatic carbocycles. The molecule has 0 spiro atoms. The van der Waals surface area contributed by atoms with E-state index in [1.54, 1.807) is 0 Å². The molecule has 0 aromatic heterocycles. The minimum Gasteiger partial charge on any atom is -0.330 e. The molecule has 0 radical (unpaired) electrons. The van der Waals surface area contributed by atoms with Gasteiger partial charge in [-0.15, -0.1) is 0 Å². The van der Waals surface area contributed by atoms with Gasteiger partial charge in [-0.2, -0.15) is 11.8 Å². The van der Waals surface area contributed by atoms with Gasteiger partial charge in [0.1, 0.15) is 0 Å². The Hall–Kier alpha value is 0.270. The van der Waals surface area contributed by atoms with Crippen LogP contribution in [0.25, 0.3) is 0 Å². The van der Waals surface area contributed by atoms with Crippen LogP contribution in [0.1, 0.15) is 39.5 Å². The Balaban J connectivity index is 2.05. The van der Waals surface area contributed by atoms with Gasteiger partial charge in [0.15, 0.2) is 0 Å². The average Bonchev–Trinajstić information content (AvgIpc) is 2.75. The normalized spacial score (nSPS) is 37.6. The highest BCUT2D eigenvalue weighted by molar-refractivity contribution is 7.99.